The van der Waals surface area contributed by atoms with Crippen LogP contribution in [0.5, 0.6) is 0 Å². The molecule has 0 aliphatic carbocycles. The second-order valence-electron chi connectivity index (χ2n) is 2.39. The van der Waals surface area contributed by atoms with Gasteiger partial charge in [-0.15, -0.1) is 6.58 Å². The van der Waals surface area contributed by atoms with Crippen molar-refractivity contribution in [3.8, 4) is 0 Å². The van der Waals surface area contributed by atoms with Crippen LogP contribution in [0.15, 0.2) is 12.7 Å². The highest BCUT2D eigenvalue weighted by atomic mass is 16.7. The number of unbranched alkanes of at least 4 members (excludes halogenated alkanes) is 1. The van der Waals surface area contributed by atoms with Crippen molar-refractivity contribution >= 4 is 0 Å². The molecule has 0 heterocycles. The van der Waals surface area contributed by atoms with Gasteiger partial charge in [0.2, 0.25) is 0 Å². The molecule has 72 valence electrons. The van der Waals surface area contributed by atoms with Gasteiger partial charge in [0.15, 0.2) is 0 Å². The van der Waals surface area contributed by atoms with Crippen LogP contribution in [0.3, 0.4) is 0 Å². The summed E-state index contributed by atoms with van der Waals surface area (Å²) in [6.45, 7) is 6.09. The molecule has 0 aromatic heterocycles. The highest BCUT2D eigenvalue weighted by molar-refractivity contribution is 4.63. The van der Waals surface area contributed by atoms with E-state index in [0.717, 1.165) is 26.1 Å². The van der Waals surface area contributed by atoms with Crippen molar-refractivity contribution in [2.75, 3.05) is 33.7 Å². The minimum atomic E-state index is 0.382. The topological polar surface area (TPSA) is 27.7 Å². The number of ether oxygens (including phenoxy) is 3. The Labute approximate surface area is 74.3 Å². The average molecular weight is 174 g/mol. The molecule has 0 spiro atoms. The van der Waals surface area contributed by atoms with E-state index >= 15 is 0 Å². The van der Waals surface area contributed by atoms with Gasteiger partial charge in [0, 0.05) is 20.3 Å². The molecule has 0 aliphatic rings. The lowest BCUT2D eigenvalue weighted by Crippen LogP contribution is -2.01. The Hall–Kier alpha value is -0.380. The minimum absolute atomic E-state index is 0.382. The maximum atomic E-state index is 5.18. The zero-order valence-corrected chi connectivity index (χ0v) is 7.75. The van der Waals surface area contributed by atoms with E-state index in [-0.39, 0.29) is 0 Å². The Kier molecular flexibility index (Phi) is 10.3. The molecule has 0 saturated carbocycles. The van der Waals surface area contributed by atoms with Crippen molar-refractivity contribution in [2.24, 2.45) is 0 Å². The van der Waals surface area contributed by atoms with Crippen molar-refractivity contribution in [3.63, 3.8) is 0 Å². The third-order valence-corrected chi connectivity index (χ3v) is 1.26. The number of hydrogen-bond donors (Lipinski definition) is 0. The fourth-order valence-electron chi connectivity index (χ4n) is 0.717. The van der Waals surface area contributed by atoms with E-state index in [1.807, 2.05) is 0 Å². The lowest BCUT2D eigenvalue weighted by atomic mass is 10.3. The van der Waals surface area contributed by atoms with Gasteiger partial charge in [0.25, 0.3) is 0 Å². The molecule has 0 atom stereocenters. The summed E-state index contributed by atoms with van der Waals surface area (Å²) in [6, 6.07) is 0. The van der Waals surface area contributed by atoms with E-state index < -0.39 is 0 Å². The monoisotopic (exact) mass is 174 g/mol. The second kappa shape index (κ2) is 10.6. The molecule has 0 aliphatic heterocycles. The van der Waals surface area contributed by atoms with Crippen molar-refractivity contribution < 1.29 is 14.2 Å². The molecule has 0 fully saturated rings. The second-order valence-corrected chi connectivity index (χ2v) is 2.39. The van der Waals surface area contributed by atoms with E-state index in [2.05, 4.69) is 6.58 Å². The first-order chi connectivity index (χ1) is 5.91. The van der Waals surface area contributed by atoms with Gasteiger partial charge in [-0.2, -0.15) is 0 Å². The largest absolute Gasteiger partial charge is 0.377 e. The molecule has 0 unspecified atom stereocenters. The highest BCUT2D eigenvalue weighted by Crippen LogP contribution is 1.91. The zero-order chi connectivity index (χ0) is 9.07. The van der Waals surface area contributed by atoms with E-state index in [0.29, 0.717) is 13.4 Å². The molecule has 0 amide bonds. The maximum Gasteiger partial charge on any atom is 0.146 e. The van der Waals surface area contributed by atoms with E-state index in [4.69, 9.17) is 14.2 Å². The summed E-state index contributed by atoms with van der Waals surface area (Å²) >= 11 is 0. The summed E-state index contributed by atoms with van der Waals surface area (Å²) in [5, 5.41) is 0. The Morgan fingerprint density at radius 1 is 1.17 bits per heavy atom. The summed E-state index contributed by atoms with van der Waals surface area (Å²) in [6.07, 6.45) is 3.79. The number of rotatable bonds is 9. The van der Waals surface area contributed by atoms with Gasteiger partial charge in [-0.1, -0.05) is 6.08 Å². The summed E-state index contributed by atoms with van der Waals surface area (Å²) in [7, 11) is 1.62. The van der Waals surface area contributed by atoms with Crippen LogP contribution >= 0.6 is 0 Å². The molecule has 12 heavy (non-hydrogen) atoms. The van der Waals surface area contributed by atoms with Gasteiger partial charge in [-0.25, -0.2) is 0 Å². The third kappa shape index (κ3) is 9.62. The summed E-state index contributed by atoms with van der Waals surface area (Å²) in [5.41, 5.74) is 0. The van der Waals surface area contributed by atoms with Crippen LogP contribution in [0.1, 0.15) is 12.8 Å². The highest BCUT2D eigenvalue weighted by Gasteiger charge is 1.88. The normalized spacial score (nSPS) is 10.1. The Morgan fingerprint density at radius 2 is 1.83 bits per heavy atom. The molecular formula is C9H18O3. The minimum Gasteiger partial charge on any atom is -0.377 e. The number of hydrogen-bond acceptors (Lipinski definition) is 3. The van der Waals surface area contributed by atoms with Crippen molar-refractivity contribution in [3.05, 3.63) is 12.7 Å². The fourth-order valence-corrected chi connectivity index (χ4v) is 0.717. The first-order valence-electron chi connectivity index (χ1n) is 4.17. The lowest BCUT2D eigenvalue weighted by molar-refractivity contribution is -0.0326. The zero-order valence-electron chi connectivity index (χ0n) is 7.75. The smallest absolute Gasteiger partial charge is 0.146 e. The molecule has 0 bridgehead atoms. The molecule has 0 saturated heterocycles. The first-order valence-corrected chi connectivity index (χ1v) is 4.17. The van der Waals surface area contributed by atoms with Crippen molar-refractivity contribution in [1.82, 2.24) is 0 Å². The maximum absolute atomic E-state index is 5.18. The SMILES string of the molecule is C=CCOCCCCOCOC. The van der Waals surface area contributed by atoms with Crippen LogP contribution < -0.4 is 0 Å². The quantitative estimate of drug-likeness (QED) is 0.302. The molecule has 0 aromatic carbocycles. The molecule has 0 rings (SSSR count). The molecule has 0 radical (unpaired) electrons. The summed E-state index contributed by atoms with van der Waals surface area (Å²) < 4.78 is 15.0. The Bertz CT molecular complexity index is 93.8. The van der Waals surface area contributed by atoms with Crippen molar-refractivity contribution in [1.29, 1.82) is 0 Å². The van der Waals surface area contributed by atoms with Crippen LogP contribution in [0.2, 0.25) is 0 Å². The molecular weight excluding hydrogens is 156 g/mol. The van der Waals surface area contributed by atoms with Gasteiger partial charge in [0.05, 0.1) is 6.61 Å². The fraction of sp³-hybridized carbons (Fsp3) is 0.778. The molecule has 3 nitrogen and oxygen atoms in total. The van der Waals surface area contributed by atoms with Gasteiger partial charge in [0.1, 0.15) is 6.79 Å². The first kappa shape index (κ1) is 11.6. The van der Waals surface area contributed by atoms with Crippen molar-refractivity contribution in [2.45, 2.75) is 12.8 Å². The predicted molar refractivity (Wildman–Crippen MR) is 48.1 cm³/mol. The average Bonchev–Trinajstić information content (AvgIpc) is 2.10. The third-order valence-electron chi connectivity index (χ3n) is 1.26. The van der Waals surface area contributed by atoms with E-state index in [1.54, 1.807) is 13.2 Å². The standard InChI is InChI=1S/C9H18O3/c1-3-6-11-7-4-5-8-12-9-10-2/h3H,1,4-9H2,2H3. The Morgan fingerprint density at radius 3 is 2.42 bits per heavy atom. The van der Waals surface area contributed by atoms with Gasteiger partial charge in [-0.05, 0) is 12.8 Å². The number of methoxy groups -OCH3 is 1. The van der Waals surface area contributed by atoms with Gasteiger partial charge < -0.3 is 14.2 Å². The van der Waals surface area contributed by atoms with Crippen LogP contribution in [0, 0.1) is 0 Å². The van der Waals surface area contributed by atoms with Crippen LogP contribution in [-0.4, -0.2) is 33.7 Å². The van der Waals surface area contributed by atoms with Crippen LogP contribution in [0.25, 0.3) is 0 Å². The Balaban J connectivity index is 2.77. The van der Waals surface area contributed by atoms with Crippen LogP contribution in [-0.2, 0) is 14.2 Å². The lowest BCUT2D eigenvalue weighted by Gasteiger charge is -2.02. The summed E-state index contributed by atoms with van der Waals surface area (Å²) in [4.78, 5) is 0. The van der Waals surface area contributed by atoms with E-state index in [9.17, 15) is 0 Å². The predicted octanol–water partition coefficient (Wildman–Crippen LogP) is 1.59. The van der Waals surface area contributed by atoms with Gasteiger partial charge in [-0.3, -0.25) is 0 Å². The van der Waals surface area contributed by atoms with Crippen LogP contribution in [0.4, 0.5) is 0 Å². The van der Waals surface area contributed by atoms with E-state index in [1.165, 1.54) is 0 Å². The molecule has 0 N–H and O–H groups in total. The molecule has 0 aromatic rings. The molecule has 3 heteroatoms. The van der Waals surface area contributed by atoms with Gasteiger partial charge >= 0.3 is 0 Å². The summed E-state index contributed by atoms with van der Waals surface area (Å²) in [5.74, 6) is 0.